The maximum Gasteiger partial charge on any atom is 0.104 e. The van der Waals surface area contributed by atoms with E-state index in [0.29, 0.717) is 0 Å². The molecule has 0 saturated carbocycles. The average molecular weight is 259 g/mol. The van der Waals surface area contributed by atoms with Gasteiger partial charge in [0, 0.05) is 22.7 Å². The van der Waals surface area contributed by atoms with Crippen LogP contribution in [0.5, 0.6) is 0 Å². The SMILES string of the molecule is CC(O)(c1cccs1)C1CCCc2cccnc21. The highest BCUT2D eigenvalue weighted by Gasteiger charge is 2.38. The third-order valence-corrected chi connectivity index (χ3v) is 4.99. The van der Waals surface area contributed by atoms with Gasteiger partial charge in [-0.2, -0.15) is 0 Å². The first-order valence-electron chi connectivity index (χ1n) is 6.40. The molecule has 0 amide bonds. The summed E-state index contributed by atoms with van der Waals surface area (Å²) in [5.74, 6) is 0.112. The van der Waals surface area contributed by atoms with Gasteiger partial charge in [-0.15, -0.1) is 11.3 Å². The quantitative estimate of drug-likeness (QED) is 0.895. The molecule has 2 aromatic rings. The summed E-state index contributed by atoms with van der Waals surface area (Å²) in [6, 6.07) is 8.14. The monoisotopic (exact) mass is 259 g/mol. The molecule has 0 aliphatic heterocycles. The van der Waals surface area contributed by atoms with Gasteiger partial charge in [0.25, 0.3) is 0 Å². The van der Waals surface area contributed by atoms with Gasteiger partial charge in [-0.25, -0.2) is 0 Å². The van der Waals surface area contributed by atoms with E-state index in [1.165, 1.54) is 5.56 Å². The summed E-state index contributed by atoms with van der Waals surface area (Å²) >= 11 is 1.62. The van der Waals surface area contributed by atoms with Gasteiger partial charge in [0.05, 0.1) is 0 Å². The smallest absolute Gasteiger partial charge is 0.104 e. The Morgan fingerprint density at radius 1 is 1.39 bits per heavy atom. The number of nitrogens with zero attached hydrogens (tertiary/aromatic N) is 1. The van der Waals surface area contributed by atoms with Gasteiger partial charge >= 0.3 is 0 Å². The maximum absolute atomic E-state index is 10.9. The lowest BCUT2D eigenvalue weighted by Crippen LogP contribution is -2.32. The highest BCUT2D eigenvalue weighted by molar-refractivity contribution is 7.10. The first-order valence-corrected chi connectivity index (χ1v) is 7.27. The fourth-order valence-electron chi connectivity index (χ4n) is 2.89. The number of thiophene rings is 1. The van der Waals surface area contributed by atoms with Gasteiger partial charge < -0.3 is 5.11 Å². The fourth-order valence-corrected chi connectivity index (χ4v) is 3.74. The van der Waals surface area contributed by atoms with Gasteiger partial charge in [-0.05, 0) is 49.3 Å². The zero-order valence-electron chi connectivity index (χ0n) is 10.5. The lowest BCUT2D eigenvalue weighted by atomic mass is 9.76. The van der Waals surface area contributed by atoms with Crippen molar-refractivity contribution in [3.63, 3.8) is 0 Å². The molecule has 2 atom stereocenters. The highest BCUT2D eigenvalue weighted by Crippen LogP contribution is 2.44. The summed E-state index contributed by atoms with van der Waals surface area (Å²) in [5.41, 5.74) is 1.57. The molecule has 1 aliphatic carbocycles. The molecule has 2 aromatic heterocycles. The number of aliphatic hydroxyl groups is 1. The van der Waals surface area contributed by atoms with Crippen molar-refractivity contribution >= 4 is 11.3 Å². The predicted molar refractivity (Wildman–Crippen MR) is 73.8 cm³/mol. The lowest BCUT2D eigenvalue weighted by Gasteiger charge is -2.35. The minimum Gasteiger partial charge on any atom is -0.384 e. The first-order chi connectivity index (χ1) is 8.69. The Hall–Kier alpha value is -1.19. The van der Waals surface area contributed by atoms with Crippen molar-refractivity contribution < 1.29 is 5.11 Å². The minimum atomic E-state index is -0.808. The van der Waals surface area contributed by atoms with Crippen LogP contribution in [-0.4, -0.2) is 10.1 Å². The van der Waals surface area contributed by atoms with E-state index < -0.39 is 5.60 Å². The topological polar surface area (TPSA) is 33.1 Å². The Bertz CT molecular complexity index is 533. The van der Waals surface area contributed by atoms with E-state index in [-0.39, 0.29) is 5.92 Å². The number of fused-ring (bicyclic) bond motifs is 1. The normalized spacial score (nSPS) is 22.2. The first kappa shape index (κ1) is 11.9. The second-order valence-corrected chi connectivity index (χ2v) is 6.07. The van der Waals surface area contributed by atoms with Crippen molar-refractivity contribution in [3.05, 3.63) is 52.0 Å². The van der Waals surface area contributed by atoms with Crippen LogP contribution in [0.3, 0.4) is 0 Å². The van der Waals surface area contributed by atoms with Gasteiger partial charge in [0.1, 0.15) is 5.60 Å². The van der Waals surface area contributed by atoms with E-state index in [4.69, 9.17) is 0 Å². The van der Waals surface area contributed by atoms with Crippen molar-refractivity contribution in [2.24, 2.45) is 0 Å². The molecule has 0 aromatic carbocycles. The van der Waals surface area contributed by atoms with Crippen LogP contribution in [0, 0.1) is 0 Å². The van der Waals surface area contributed by atoms with Crippen LogP contribution in [0.2, 0.25) is 0 Å². The summed E-state index contributed by atoms with van der Waals surface area (Å²) in [5, 5.41) is 12.9. The largest absolute Gasteiger partial charge is 0.384 e. The third kappa shape index (κ3) is 1.88. The zero-order chi connectivity index (χ0) is 12.6. The second-order valence-electron chi connectivity index (χ2n) is 5.12. The van der Waals surface area contributed by atoms with Crippen molar-refractivity contribution in [3.8, 4) is 0 Å². The number of pyridine rings is 1. The molecule has 3 heteroatoms. The summed E-state index contributed by atoms with van der Waals surface area (Å²) in [6.45, 7) is 1.92. The van der Waals surface area contributed by atoms with Crippen LogP contribution in [0.4, 0.5) is 0 Å². The number of rotatable bonds is 2. The third-order valence-electron chi connectivity index (χ3n) is 3.89. The van der Waals surface area contributed by atoms with E-state index in [0.717, 1.165) is 29.8 Å². The molecule has 0 bridgehead atoms. The molecular weight excluding hydrogens is 242 g/mol. The van der Waals surface area contributed by atoms with E-state index in [9.17, 15) is 5.11 Å². The summed E-state index contributed by atoms with van der Waals surface area (Å²) in [7, 11) is 0. The van der Waals surface area contributed by atoms with Crippen molar-refractivity contribution in [1.82, 2.24) is 4.98 Å². The van der Waals surface area contributed by atoms with Crippen LogP contribution < -0.4 is 0 Å². The Labute approximate surface area is 111 Å². The molecule has 2 unspecified atom stereocenters. The highest BCUT2D eigenvalue weighted by atomic mass is 32.1. The molecule has 94 valence electrons. The van der Waals surface area contributed by atoms with Gasteiger partial charge in [-0.1, -0.05) is 12.1 Å². The van der Waals surface area contributed by atoms with Crippen LogP contribution >= 0.6 is 11.3 Å². The van der Waals surface area contributed by atoms with E-state index in [1.54, 1.807) is 11.3 Å². The fraction of sp³-hybridized carbons (Fsp3) is 0.400. The number of aromatic nitrogens is 1. The minimum absolute atomic E-state index is 0.112. The molecule has 0 fully saturated rings. The molecule has 1 N–H and O–H groups in total. The Morgan fingerprint density at radius 2 is 2.28 bits per heavy atom. The van der Waals surface area contributed by atoms with Crippen LogP contribution in [0.1, 0.15) is 41.8 Å². The number of hydrogen-bond acceptors (Lipinski definition) is 3. The molecule has 3 rings (SSSR count). The lowest BCUT2D eigenvalue weighted by molar-refractivity contribution is 0.0224. The Kier molecular flexibility index (Phi) is 2.96. The molecule has 18 heavy (non-hydrogen) atoms. The molecule has 2 heterocycles. The second kappa shape index (κ2) is 4.48. The molecular formula is C15H17NOS. The van der Waals surface area contributed by atoms with Crippen LogP contribution in [0.25, 0.3) is 0 Å². The summed E-state index contributed by atoms with van der Waals surface area (Å²) in [4.78, 5) is 5.55. The van der Waals surface area contributed by atoms with E-state index in [2.05, 4.69) is 11.1 Å². The van der Waals surface area contributed by atoms with Crippen LogP contribution in [0.15, 0.2) is 35.8 Å². The standard InChI is InChI=1S/C15H17NOS/c1-15(17,13-8-4-10-18-13)12-7-2-5-11-6-3-9-16-14(11)12/h3-4,6,8-10,12,17H,2,5,7H2,1H3. The summed E-state index contributed by atoms with van der Waals surface area (Å²) in [6.07, 6.45) is 5.06. The molecule has 1 aliphatic rings. The van der Waals surface area contributed by atoms with E-state index in [1.807, 2.05) is 36.7 Å². The Balaban J connectivity index is 2.04. The molecule has 0 spiro atoms. The number of hydrogen-bond donors (Lipinski definition) is 1. The van der Waals surface area contributed by atoms with E-state index >= 15 is 0 Å². The number of aryl methyl sites for hydroxylation is 1. The summed E-state index contributed by atoms with van der Waals surface area (Å²) < 4.78 is 0. The van der Waals surface area contributed by atoms with Crippen molar-refractivity contribution in [2.75, 3.05) is 0 Å². The van der Waals surface area contributed by atoms with Gasteiger partial charge in [0.2, 0.25) is 0 Å². The van der Waals surface area contributed by atoms with Gasteiger partial charge in [-0.3, -0.25) is 4.98 Å². The molecule has 0 saturated heterocycles. The zero-order valence-corrected chi connectivity index (χ0v) is 11.3. The predicted octanol–water partition coefficient (Wildman–Crippen LogP) is 3.47. The molecule has 0 radical (unpaired) electrons. The van der Waals surface area contributed by atoms with Crippen LogP contribution in [-0.2, 0) is 12.0 Å². The Morgan fingerprint density at radius 3 is 3.06 bits per heavy atom. The van der Waals surface area contributed by atoms with Crippen molar-refractivity contribution in [2.45, 2.75) is 37.7 Å². The average Bonchev–Trinajstić information content (AvgIpc) is 2.92. The van der Waals surface area contributed by atoms with Crippen molar-refractivity contribution in [1.29, 1.82) is 0 Å². The maximum atomic E-state index is 10.9. The van der Waals surface area contributed by atoms with Gasteiger partial charge in [0.15, 0.2) is 0 Å². The molecule has 2 nitrogen and oxygen atoms in total.